The maximum atomic E-state index is 13.9. The highest BCUT2D eigenvalue weighted by Crippen LogP contribution is 2.21. The van der Waals surface area contributed by atoms with Crippen molar-refractivity contribution in [3.05, 3.63) is 71.0 Å². The summed E-state index contributed by atoms with van der Waals surface area (Å²) in [6.07, 6.45) is 1.85. The maximum Gasteiger partial charge on any atom is 0.127 e. The van der Waals surface area contributed by atoms with Crippen LogP contribution >= 0.6 is 0 Å². The van der Waals surface area contributed by atoms with Gasteiger partial charge in [-0.2, -0.15) is 0 Å². The Hall–Kier alpha value is -1.67. The van der Waals surface area contributed by atoms with E-state index < -0.39 is 0 Å². The zero-order valence-electron chi connectivity index (χ0n) is 12.2. The Morgan fingerprint density at radius 2 is 1.60 bits per heavy atom. The fourth-order valence-electron chi connectivity index (χ4n) is 2.44. The zero-order valence-corrected chi connectivity index (χ0v) is 12.2. The lowest BCUT2D eigenvalue weighted by atomic mass is 9.97. The fraction of sp³-hybridized carbons (Fsp3) is 0.333. The average Bonchev–Trinajstić information content (AvgIpc) is 2.48. The highest BCUT2D eigenvalue weighted by atomic mass is 19.1. The molecular weight excluding hydrogens is 249 g/mol. The van der Waals surface area contributed by atoms with E-state index in [0.29, 0.717) is 0 Å². The van der Waals surface area contributed by atoms with Crippen LogP contribution in [-0.2, 0) is 12.8 Å². The van der Waals surface area contributed by atoms with E-state index in [-0.39, 0.29) is 11.9 Å². The Bertz CT molecular complexity index is 533. The first-order valence-corrected chi connectivity index (χ1v) is 7.30. The lowest BCUT2D eigenvalue weighted by molar-refractivity contribution is 0.510. The molecular formula is C18H22FN. The molecule has 106 valence electrons. The van der Waals surface area contributed by atoms with Gasteiger partial charge in [0, 0.05) is 11.6 Å². The van der Waals surface area contributed by atoms with Gasteiger partial charge >= 0.3 is 0 Å². The number of rotatable bonds is 6. The number of hydrogen-bond acceptors (Lipinski definition) is 1. The third kappa shape index (κ3) is 3.67. The Balaban J connectivity index is 2.18. The van der Waals surface area contributed by atoms with Crippen molar-refractivity contribution in [2.24, 2.45) is 0 Å². The van der Waals surface area contributed by atoms with E-state index in [0.717, 1.165) is 24.9 Å². The molecule has 0 aliphatic rings. The van der Waals surface area contributed by atoms with Crippen LogP contribution < -0.4 is 5.32 Å². The van der Waals surface area contributed by atoms with Crippen LogP contribution in [0.5, 0.6) is 0 Å². The molecule has 1 nitrogen and oxygen atoms in total. The van der Waals surface area contributed by atoms with Crippen LogP contribution in [0, 0.1) is 5.82 Å². The van der Waals surface area contributed by atoms with E-state index in [4.69, 9.17) is 0 Å². The molecule has 1 unspecified atom stereocenters. The van der Waals surface area contributed by atoms with Crippen molar-refractivity contribution >= 4 is 0 Å². The highest BCUT2D eigenvalue weighted by Gasteiger charge is 2.14. The summed E-state index contributed by atoms with van der Waals surface area (Å²) in [5.41, 5.74) is 3.31. The number of halogens is 1. The summed E-state index contributed by atoms with van der Waals surface area (Å²) in [7, 11) is 0. The molecule has 2 rings (SSSR count). The summed E-state index contributed by atoms with van der Waals surface area (Å²) in [5, 5.41) is 3.38. The molecule has 0 aliphatic heterocycles. The van der Waals surface area contributed by atoms with E-state index in [9.17, 15) is 4.39 Å². The number of likely N-dealkylation sites (N-methyl/N-ethyl adjacent to an activating group) is 1. The summed E-state index contributed by atoms with van der Waals surface area (Å²) >= 11 is 0. The topological polar surface area (TPSA) is 12.0 Å². The molecule has 20 heavy (non-hydrogen) atoms. The lowest BCUT2D eigenvalue weighted by Crippen LogP contribution is -2.23. The van der Waals surface area contributed by atoms with Crippen LogP contribution in [0.1, 0.15) is 36.6 Å². The van der Waals surface area contributed by atoms with Crippen molar-refractivity contribution in [3.8, 4) is 0 Å². The summed E-state index contributed by atoms with van der Waals surface area (Å²) in [5.74, 6) is -0.136. The molecule has 1 N–H and O–H groups in total. The van der Waals surface area contributed by atoms with E-state index in [2.05, 4.69) is 36.5 Å². The highest BCUT2D eigenvalue weighted by molar-refractivity contribution is 5.27. The van der Waals surface area contributed by atoms with E-state index in [1.807, 2.05) is 19.1 Å². The average molecular weight is 271 g/mol. The molecule has 0 bridgehead atoms. The smallest absolute Gasteiger partial charge is 0.127 e. The van der Waals surface area contributed by atoms with Crippen LogP contribution in [0.2, 0.25) is 0 Å². The van der Waals surface area contributed by atoms with Gasteiger partial charge in [0.15, 0.2) is 0 Å². The van der Waals surface area contributed by atoms with Crippen molar-refractivity contribution < 1.29 is 4.39 Å². The van der Waals surface area contributed by atoms with Crippen LogP contribution in [0.25, 0.3) is 0 Å². The van der Waals surface area contributed by atoms with Crippen LogP contribution in [-0.4, -0.2) is 6.54 Å². The lowest BCUT2D eigenvalue weighted by Gasteiger charge is -2.19. The predicted octanol–water partition coefficient (Wildman–Crippen LogP) is 4.28. The van der Waals surface area contributed by atoms with Crippen LogP contribution in [0.15, 0.2) is 48.5 Å². The Morgan fingerprint density at radius 1 is 0.950 bits per heavy atom. The van der Waals surface area contributed by atoms with Gasteiger partial charge in [-0.05, 0) is 36.6 Å². The molecule has 2 aromatic rings. The molecule has 0 fully saturated rings. The first-order valence-electron chi connectivity index (χ1n) is 7.30. The van der Waals surface area contributed by atoms with E-state index >= 15 is 0 Å². The molecule has 0 aromatic heterocycles. The minimum atomic E-state index is -0.136. The molecule has 1 atom stereocenters. The molecule has 0 saturated heterocycles. The third-order valence-corrected chi connectivity index (χ3v) is 3.60. The molecule has 2 heteroatoms. The van der Waals surface area contributed by atoms with Gasteiger partial charge in [-0.3, -0.25) is 0 Å². The van der Waals surface area contributed by atoms with Gasteiger partial charge in [0.25, 0.3) is 0 Å². The number of aryl methyl sites for hydroxylation is 1. The van der Waals surface area contributed by atoms with Crippen molar-refractivity contribution in [2.45, 2.75) is 32.7 Å². The van der Waals surface area contributed by atoms with Gasteiger partial charge in [0.2, 0.25) is 0 Å². The molecule has 0 saturated carbocycles. The summed E-state index contributed by atoms with van der Waals surface area (Å²) < 4.78 is 13.9. The summed E-state index contributed by atoms with van der Waals surface area (Å²) in [6.45, 7) is 5.02. The zero-order chi connectivity index (χ0) is 14.4. The molecule has 0 heterocycles. The largest absolute Gasteiger partial charge is 0.310 e. The number of hydrogen-bond donors (Lipinski definition) is 1. The van der Waals surface area contributed by atoms with E-state index in [1.54, 1.807) is 6.07 Å². The summed E-state index contributed by atoms with van der Waals surface area (Å²) in [6, 6.07) is 15.6. The maximum absolute atomic E-state index is 13.9. The van der Waals surface area contributed by atoms with Gasteiger partial charge in [0.05, 0.1) is 0 Å². The van der Waals surface area contributed by atoms with Crippen LogP contribution in [0.4, 0.5) is 4.39 Å². The molecule has 0 amide bonds. The normalized spacial score (nSPS) is 12.3. The van der Waals surface area contributed by atoms with Gasteiger partial charge in [-0.15, -0.1) is 0 Å². The standard InChI is InChI=1S/C18H22FN/c1-3-14-9-11-15(12-10-14)13-18(20-4-2)16-7-5-6-8-17(16)19/h5-12,18,20H,3-4,13H2,1-2H3. The summed E-state index contributed by atoms with van der Waals surface area (Å²) in [4.78, 5) is 0. The quantitative estimate of drug-likeness (QED) is 0.827. The van der Waals surface area contributed by atoms with Gasteiger partial charge in [0.1, 0.15) is 5.82 Å². The fourth-order valence-corrected chi connectivity index (χ4v) is 2.44. The molecule has 0 spiro atoms. The van der Waals surface area contributed by atoms with Crippen molar-refractivity contribution in [1.29, 1.82) is 0 Å². The SMILES string of the molecule is CCNC(Cc1ccc(CC)cc1)c1ccccc1F. The Labute approximate surface area is 120 Å². The van der Waals surface area contributed by atoms with Crippen molar-refractivity contribution in [1.82, 2.24) is 5.32 Å². The number of benzene rings is 2. The van der Waals surface area contributed by atoms with E-state index in [1.165, 1.54) is 17.2 Å². The van der Waals surface area contributed by atoms with Crippen molar-refractivity contribution in [3.63, 3.8) is 0 Å². The van der Waals surface area contributed by atoms with Crippen LogP contribution in [0.3, 0.4) is 0 Å². The first-order chi connectivity index (χ1) is 9.74. The second kappa shape index (κ2) is 7.20. The Morgan fingerprint density at radius 3 is 2.20 bits per heavy atom. The third-order valence-electron chi connectivity index (χ3n) is 3.60. The van der Waals surface area contributed by atoms with Gasteiger partial charge < -0.3 is 5.32 Å². The monoisotopic (exact) mass is 271 g/mol. The van der Waals surface area contributed by atoms with Crippen molar-refractivity contribution in [2.75, 3.05) is 6.54 Å². The Kier molecular flexibility index (Phi) is 5.31. The van der Waals surface area contributed by atoms with Gasteiger partial charge in [-0.1, -0.05) is 56.3 Å². The second-order valence-corrected chi connectivity index (χ2v) is 5.01. The minimum absolute atomic E-state index is 0.0219. The van der Waals surface area contributed by atoms with Gasteiger partial charge in [-0.25, -0.2) is 4.39 Å². The first kappa shape index (κ1) is 14.7. The second-order valence-electron chi connectivity index (χ2n) is 5.01. The molecule has 0 aliphatic carbocycles. The predicted molar refractivity (Wildman–Crippen MR) is 82.3 cm³/mol. The molecule has 2 aromatic carbocycles. The number of nitrogens with one attached hydrogen (secondary N) is 1. The minimum Gasteiger partial charge on any atom is -0.310 e. The molecule has 0 radical (unpaired) electrons.